The van der Waals surface area contributed by atoms with Crippen LogP contribution in [0.2, 0.25) is 0 Å². The molecule has 1 aromatic rings. The van der Waals surface area contributed by atoms with Crippen LogP contribution in [-0.4, -0.2) is 16.3 Å². The van der Waals surface area contributed by atoms with Crippen molar-refractivity contribution in [1.29, 1.82) is 0 Å². The van der Waals surface area contributed by atoms with Gasteiger partial charge in [-0.2, -0.15) is 0 Å². The zero-order chi connectivity index (χ0) is 13.2. The van der Waals surface area contributed by atoms with E-state index in [0.717, 1.165) is 0 Å². The number of hydrogen-bond donors (Lipinski definition) is 1. The maximum absolute atomic E-state index is 11.9. The molecule has 9 heteroatoms. The molecular formula is C8H8F3N3O3. The van der Waals surface area contributed by atoms with Crippen LogP contribution in [0.1, 0.15) is 11.3 Å². The minimum Gasteiger partial charge on any atom is -0.388 e. The molecule has 0 bridgehead atoms. The summed E-state index contributed by atoms with van der Waals surface area (Å²) in [5.41, 5.74) is 4.82. The molecule has 0 saturated heterocycles. The second kappa shape index (κ2) is 4.53. The highest BCUT2D eigenvalue weighted by Gasteiger charge is 2.33. The van der Waals surface area contributed by atoms with Crippen molar-refractivity contribution in [2.45, 2.75) is 19.8 Å². The first-order chi connectivity index (χ1) is 7.74. The van der Waals surface area contributed by atoms with Gasteiger partial charge in [0.25, 0.3) is 5.69 Å². The van der Waals surface area contributed by atoms with Gasteiger partial charge >= 0.3 is 6.36 Å². The molecule has 1 heterocycles. The van der Waals surface area contributed by atoms with Gasteiger partial charge in [0, 0.05) is 12.1 Å². The Labute approximate surface area is 93.3 Å². The van der Waals surface area contributed by atoms with Crippen LogP contribution in [-0.2, 0) is 6.54 Å². The molecule has 0 fully saturated rings. The Bertz CT molecular complexity index is 448. The predicted molar refractivity (Wildman–Crippen MR) is 50.2 cm³/mol. The topological polar surface area (TPSA) is 91.3 Å². The first kappa shape index (κ1) is 13.2. The second-order valence-electron chi connectivity index (χ2n) is 3.06. The summed E-state index contributed by atoms with van der Waals surface area (Å²) < 4.78 is 39.4. The van der Waals surface area contributed by atoms with Crippen molar-refractivity contribution in [3.63, 3.8) is 0 Å². The van der Waals surface area contributed by atoms with E-state index < -0.39 is 22.9 Å². The van der Waals surface area contributed by atoms with Gasteiger partial charge in [-0.3, -0.25) is 10.1 Å². The molecule has 0 spiro atoms. The Morgan fingerprint density at radius 1 is 1.59 bits per heavy atom. The molecule has 2 N–H and O–H groups in total. The summed E-state index contributed by atoms with van der Waals surface area (Å²) in [5.74, 6) is -0.893. The van der Waals surface area contributed by atoms with E-state index in [4.69, 9.17) is 5.73 Å². The molecule has 1 rings (SSSR count). The van der Waals surface area contributed by atoms with Crippen molar-refractivity contribution >= 4 is 5.69 Å². The molecule has 0 aromatic carbocycles. The normalized spacial score (nSPS) is 11.4. The summed E-state index contributed by atoms with van der Waals surface area (Å²) in [5, 5.41) is 10.6. The van der Waals surface area contributed by atoms with Gasteiger partial charge in [-0.15, -0.1) is 13.2 Å². The minimum absolute atomic E-state index is 0.0153. The highest BCUT2D eigenvalue weighted by molar-refractivity contribution is 5.45. The number of alkyl halides is 3. The Morgan fingerprint density at radius 3 is 2.59 bits per heavy atom. The molecule has 0 radical (unpaired) electrons. The lowest BCUT2D eigenvalue weighted by molar-refractivity contribution is -0.385. The highest BCUT2D eigenvalue weighted by atomic mass is 19.4. The van der Waals surface area contributed by atoms with E-state index in [1.54, 1.807) is 0 Å². The highest BCUT2D eigenvalue weighted by Crippen LogP contribution is 2.28. The van der Waals surface area contributed by atoms with Crippen LogP contribution in [0.15, 0.2) is 6.07 Å². The molecular weight excluding hydrogens is 243 g/mol. The number of nitrogens with zero attached hydrogens (tertiary/aromatic N) is 2. The molecule has 94 valence electrons. The van der Waals surface area contributed by atoms with Crippen LogP contribution in [0.5, 0.6) is 5.88 Å². The summed E-state index contributed by atoms with van der Waals surface area (Å²) in [6.45, 7) is 1.13. The monoisotopic (exact) mass is 251 g/mol. The fourth-order valence-corrected chi connectivity index (χ4v) is 1.18. The molecule has 0 aliphatic heterocycles. The number of ether oxygens (including phenoxy) is 1. The van der Waals surface area contributed by atoms with E-state index in [1.165, 1.54) is 6.92 Å². The van der Waals surface area contributed by atoms with Gasteiger partial charge in [0.15, 0.2) is 0 Å². The van der Waals surface area contributed by atoms with Crippen molar-refractivity contribution in [2.24, 2.45) is 5.73 Å². The summed E-state index contributed by atoms with van der Waals surface area (Å²) >= 11 is 0. The van der Waals surface area contributed by atoms with Crippen LogP contribution < -0.4 is 10.5 Å². The lowest BCUT2D eigenvalue weighted by atomic mass is 10.2. The van der Waals surface area contributed by atoms with Crippen LogP contribution in [0, 0.1) is 17.0 Å². The summed E-state index contributed by atoms with van der Waals surface area (Å²) in [6, 6.07) is 0.613. The third-order valence-corrected chi connectivity index (χ3v) is 1.93. The zero-order valence-electron chi connectivity index (χ0n) is 8.61. The van der Waals surface area contributed by atoms with Crippen molar-refractivity contribution in [3.05, 3.63) is 27.4 Å². The zero-order valence-corrected chi connectivity index (χ0v) is 8.61. The largest absolute Gasteiger partial charge is 0.574 e. The number of hydrogen-bond acceptors (Lipinski definition) is 5. The van der Waals surface area contributed by atoms with Gasteiger partial charge in [-0.05, 0) is 6.92 Å². The fourth-order valence-electron chi connectivity index (χ4n) is 1.18. The number of pyridine rings is 1. The molecule has 6 nitrogen and oxygen atoms in total. The third-order valence-electron chi connectivity index (χ3n) is 1.93. The van der Waals surface area contributed by atoms with E-state index in [2.05, 4.69) is 9.72 Å². The average molecular weight is 251 g/mol. The molecule has 0 unspecified atom stereocenters. The van der Waals surface area contributed by atoms with E-state index in [-0.39, 0.29) is 17.8 Å². The van der Waals surface area contributed by atoms with Crippen molar-refractivity contribution in [2.75, 3.05) is 0 Å². The van der Waals surface area contributed by atoms with Crippen LogP contribution >= 0.6 is 0 Å². The van der Waals surface area contributed by atoms with Gasteiger partial charge in [-0.1, -0.05) is 0 Å². The SMILES string of the molecule is Cc1c([N+](=O)[O-])cc(OC(F)(F)F)nc1CN. The van der Waals surface area contributed by atoms with Crippen molar-refractivity contribution in [1.82, 2.24) is 4.98 Å². The molecule has 1 aromatic heterocycles. The smallest absolute Gasteiger partial charge is 0.388 e. The van der Waals surface area contributed by atoms with Crippen LogP contribution in [0.3, 0.4) is 0 Å². The molecule has 0 aliphatic carbocycles. The van der Waals surface area contributed by atoms with E-state index in [9.17, 15) is 23.3 Å². The standard InChI is InChI=1S/C8H8F3N3O3/c1-4-5(3-12)13-7(17-8(9,10)11)2-6(4)14(15)16/h2H,3,12H2,1H3. The lowest BCUT2D eigenvalue weighted by Gasteiger charge is -2.10. The predicted octanol–water partition coefficient (Wildman–Crippen LogP) is 1.66. The molecule has 0 aliphatic rings. The summed E-state index contributed by atoms with van der Waals surface area (Å²) in [7, 11) is 0. The van der Waals surface area contributed by atoms with Crippen LogP contribution in [0.25, 0.3) is 0 Å². The number of nitrogens with two attached hydrogens (primary N) is 1. The lowest BCUT2D eigenvalue weighted by Crippen LogP contribution is -2.19. The van der Waals surface area contributed by atoms with Crippen LogP contribution in [0.4, 0.5) is 18.9 Å². The van der Waals surface area contributed by atoms with Gasteiger partial charge in [0.1, 0.15) is 0 Å². The Hall–Kier alpha value is -1.90. The number of aromatic nitrogens is 1. The van der Waals surface area contributed by atoms with Gasteiger partial charge in [0.05, 0.1) is 16.7 Å². The average Bonchev–Trinajstić information content (AvgIpc) is 2.17. The first-order valence-corrected chi connectivity index (χ1v) is 4.35. The molecule has 0 amide bonds. The van der Waals surface area contributed by atoms with Crippen molar-refractivity contribution < 1.29 is 22.8 Å². The van der Waals surface area contributed by atoms with Gasteiger partial charge in [0.2, 0.25) is 5.88 Å². The van der Waals surface area contributed by atoms with Gasteiger partial charge in [-0.25, -0.2) is 4.98 Å². The Balaban J connectivity index is 3.25. The molecule has 0 atom stereocenters. The van der Waals surface area contributed by atoms with Crippen molar-refractivity contribution in [3.8, 4) is 5.88 Å². The Kier molecular flexibility index (Phi) is 3.51. The van der Waals surface area contributed by atoms with E-state index >= 15 is 0 Å². The maximum Gasteiger partial charge on any atom is 0.574 e. The number of nitro groups is 1. The molecule has 0 saturated carbocycles. The maximum atomic E-state index is 11.9. The minimum atomic E-state index is -4.96. The summed E-state index contributed by atoms with van der Waals surface area (Å²) in [4.78, 5) is 13.2. The quantitative estimate of drug-likeness (QED) is 0.651. The Morgan fingerprint density at radius 2 is 2.18 bits per heavy atom. The van der Waals surface area contributed by atoms with Gasteiger partial charge < -0.3 is 10.5 Å². The van der Waals surface area contributed by atoms with E-state index in [0.29, 0.717) is 6.07 Å². The third kappa shape index (κ3) is 3.28. The molecule has 17 heavy (non-hydrogen) atoms. The number of halogens is 3. The number of rotatable bonds is 3. The summed E-state index contributed by atoms with van der Waals surface area (Å²) in [6.07, 6.45) is -4.96. The van der Waals surface area contributed by atoms with E-state index in [1.807, 2.05) is 0 Å². The first-order valence-electron chi connectivity index (χ1n) is 4.35. The second-order valence-corrected chi connectivity index (χ2v) is 3.06. The fraction of sp³-hybridized carbons (Fsp3) is 0.375.